The SMILES string of the molecule is COc1ccc(-c2nocc2C(=O)O)cc1C. The third-order valence-corrected chi connectivity index (χ3v) is 2.47. The summed E-state index contributed by atoms with van der Waals surface area (Å²) in [5, 5.41) is 12.7. The number of nitrogens with zero attached hydrogens (tertiary/aromatic N) is 1. The largest absolute Gasteiger partial charge is 0.496 e. The maximum atomic E-state index is 10.9. The van der Waals surface area contributed by atoms with Crippen LogP contribution >= 0.6 is 0 Å². The molecular weight excluding hydrogens is 222 g/mol. The number of carboxylic acid groups (broad SMARTS) is 1. The molecule has 0 aliphatic carbocycles. The summed E-state index contributed by atoms with van der Waals surface area (Å²) in [7, 11) is 1.58. The van der Waals surface area contributed by atoms with E-state index >= 15 is 0 Å². The van der Waals surface area contributed by atoms with Crippen LogP contribution < -0.4 is 4.74 Å². The highest BCUT2D eigenvalue weighted by atomic mass is 16.5. The Balaban J connectivity index is 2.50. The van der Waals surface area contributed by atoms with Crippen molar-refractivity contribution in [3.8, 4) is 17.0 Å². The highest BCUT2D eigenvalue weighted by molar-refractivity contribution is 5.94. The summed E-state index contributed by atoms with van der Waals surface area (Å²) >= 11 is 0. The molecular formula is C12H11NO4. The van der Waals surface area contributed by atoms with Crippen molar-refractivity contribution >= 4 is 5.97 Å². The Labute approximate surface area is 97.6 Å². The number of aromatic carboxylic acids is 1. The molecule has 1 aromatic heterocycles. The molecule has 0 saturated heterocycles. The number of benzene rings is 1. The molecule has 0 aliphatic heterocycles. The maximum absolute atomic E-state index is 10.9. The van der Waals surface area contributed by atoms with E-state index in [0.29, 0.717) is 11.3 Å². The van der Waals surface area contributed by atoms with Crippen LogP contribution in [0.25, 0.3) is 11.3 Å². The fourth-order valence-electron chi connectivity index (χ4n) is 1.62. The number of rotatable bonds is 3. The van der Waals surface area contributed by atoms with Crippen molar-refractivity contribution in [3.63, 3.8) is 0 Å². The maximum Gasteiger partial charge on any atom is 0.341 e. The Morgan fingerprint density at radius 2 is 2.24 bits per heavy atom. The predicted molar refractivity (Wildman–Crippen MR) is 60.2 cm³/mol. The van der Waals surface area contributed by atoms with Gasteiger partial charge >= 0.3 is 5.97 Å². The van der Waals surface area contributed by atoms with Crippen molar-refractivity contribution < 1.29 is 19.2 Å². The first-order valence-corrected chi connectivity index (χ1v) is 4.96. The number of aryl methyl sites for hydroxylation is 1. The van der Waals surface area contributed by atoms with Gasteiger partial charge in [0, 0.05) is 5.56 Å². The van der Waals surface area contributed by atoms with E-state index in [9.17, 15) is 4.79 Å². The van der Waals surface area contributed by atoms with E-state index in [1.165, 1.54) is 0 Å². The molecule has 0 fully saturated rings. The molecule has 0 atom stereocenters. The van der Waals surface area contributed by atoms with Gasteiger partial charge in [0.25, 0.3) is 0 Å². The lowest BCUT2D eigenvalue weighted by atomic mass is 10.1. The molecule has 88 valence electrons. The van der Waals surface area contributed by atoms with E-state index in [1.807, 2.05) is 13.0 Å². The van der Waals surface area contributed by atoms with Gasteiger partial charge in [0.05, 0.1) is 7.11 Å². The molecule has 0 saturated carbocycles. The van der Waals surface area contributed by atoms with Crippen LogP contribution in [-0.2, 0) is 0 Å². The van der Waals surface area contributed by atoms with Crippen LogP contribution in [0.3, 0.4) is 0 Å². The van der Waals surface area contributed by atoms with Crippen molar-refractivity contribution in [3.05, 3.63) is 35.6 Å². The van der Waals surface area contributed by atoms with E-state index in [2.05, 4.69) is 5.16 Å². The lowest BCUT2D eigenvalue weighted by molar-refractivity contribution is 0.0697. The van der Waals surface area contributed by atoms with Gasteiger partial charge in [0.15, 0.2) is 0 Å². The molecule has 0 aliphatic rings. The first-order chi connectivity index (χ1) is 8.13. The van der Waals surface area contributed by atoms with Gasteiger partial charge in [-0.1, -0.05) is 5.16 Å². The predicted octanol–water partition coefficient (Wildman–Crippen LogP) is 2.36. The second kappa shape index (κ2) is 4.29. The van der Waals surface area contributed by atoms with Crippen LogP contribution in [0.1, 0.15) is 15.9 Å². The molecule has 17 heavy (non-hydrogen) atoms. The van der Waals surface area contributed by atoms with Crippen molar-refractivity contribution in [2.75, 3.05) is 7.11 Å². The summed E-state index contributed by atoms with van der Waals surface area (Å²) in [5.74, 6) is -0.316. The topological polar surface area (TPSA) is 72.6 Å². The van der Waals surface area contributed by atoms with Crippen molar-refractivity contribution in [1.82, 2.24) is 5.16 Å². The summed E-state index contributed by atoms with van der Waals surface area (Å²) < 4.78 is 9.83. The number of hydrogen-bond donors (Lipinski definition) is 1. The Kier molecular flexibility index (Phi) is 2.82. The molecule has 0 bridgehead atoms. The Hall–Kier alpha value is -2.30. The molecule has 0 unspecified atom stereocenters. The molecule has 1 aromatic carbocycles. The Morgan fingerprint density at radius 3 is 2.82 bits per heavy atom. The Bertz CT molecular complexity index is 559. The second-order valence-electron chi connectivity index (χ2n) is 3.57. The van der Waals surface area contributed by atoms with Crippen LogP contribution in [0, 0.1) is 6.92 Å². The zero-order valence-electron chi connectivity index (χ0n) is 9.43. The second-order valence-corrected chi connectivity index (χ2v) is 3.57. The fraction of sp³-hybridized carbons (Fsp3) is 0.167. The zero-order chi connectivity index (χ0) is 12.4. The minimum Gasteiger partial charge on any atom is -0.496 e. The highest BCUT2D eigenvalue weighted by Gasteiger charge is 2.16. The molecule has 5 heteroatoms. The van der Waals surface area contributed by atoms with Gasteiger partial charge in [-0.05, 0) is 30.7 Å². The first kappa shape index (κ1) is 11.2. The summed E-state index contributed by atoms with van der Waals surface area (Å²) in [6, 6.07) is 5.32. The summed E-state index contributed by atoms with van der Waals surface area (Å²) in [5.41, 5.74) is 1.97. The number of aromatic nitrogens is 1. The Morgan fingerprint density at radius 1 is 1.47 bits per heavy atom. The smallest absolute Gasteiger partial charge is 0.341 e. The fourth-order valence-corrected chi connectivity index (χ4v) is 1.62. The quantitative estimate of drug-likeness (QED) is 0.880. The molecule has 0 radical (unpaired) electrons. The highest BCUT2D eigenvalue weighted by Crippen LogP contribution is 2.27. The van der Waals surface area contributed by atoms with Gasteiger partial charge < -0.3 is 14.4 Å². The molecule has 1 N–H and O–H groups in total. The van der Waals surface area contributed by atoms with Gasteiger partial charge in [-0.15, -0.1) is 0 Å². The lowest BCUT2D eigenvalue weighted by Crippen LogP contribution is -1.97. The minimum absolute atomic E-state index is 0.0505. The van der Waals surface area contributed by atoms with Crippen LogP contribution in [0.5, 0.6) is 5.75 Å². The van der Waals surface area contributed by atoms with Crippen molar-refractivity contribution in [2.24, 2.45) is 0 Å². The molecule has 0 amide bonds. The van der Waals surface area contributed by atoms with Gasteiger partial charge in [0.2, 0.25) is 0 Å². The molecule has 2 rings (SSSR count). The molecule has 1 heterocycles. The number of carbonyl (C=O) groups is 1. The van der Waals surface area contributed by atoms with E-state index in [4.69, 9.17) is 14.4 Å². The van der Waals surface area contributed by atoms with Crippen LogP contribution in [0.2, 0.25) is 0 Å². The lowest BCUT2D eigenvalue weighted by Gasteiger charge is -2.05. The minimum atomic E-state index is -1.06. The molecule has 0 spiro atoms. The van der Waals surface area contributed by atoms with Gasteiger partial charge in [-0.3, -0.25) is 0 Å². The van der Waals surface area contributed by atoms with Crippen molar-refractivity contribution in [2.45, 2.75) is 6.92 Å². The monoisotopic (exact) mass is 233 g/mol. The van der Waals surface area contributed by atoms with Crippen molar-refractivity contribution in [1.29, 1.82) is 0 Å². The standard InChI is InChI=1S/C12H11NO4/c1-7-5-8(3-4-10(7)16-2)11-9(12(14)15)6-17-13-11/h3-6H,1-2H3,(H,14,15). The van der Waals surface area contributed by atoms with Gasteiger partial charge in [-0.2, -0.15) is 0 Å². The van der Waals surface area contributed by atoms with Crippen LogP contribution in [0.15, 0.2) is 29.0 Å². The third kappa shape index (κ3) is 1.99. The van der Waals surface area contributed by atoms with E-state index in [-0.39, 0.29) is 5.56 Å². The number of carboxylic acids is 1. The molecule has 5 nitrogen and oxygen atoms in total. The molecule has 2 aromatic rings. The third-order valence-electron chi connectivity index (χ3n) is 2.47. The number of hydrogen-bond acceptors (Lipinski definition) is 4. The summed E-state index contributed by atoms with van der Waals surface area (Å²) in [6.45, 7) is 1.88. The van der Waals surface area contributed by atoms with E-state index in [0.717, 1.165) is 17.6 Å². The van der Waals surface area contributed by atoms with E-state index < -0.39 is 5.97 Å². The zero-order valence-corrected chi connectivity index (χ0v) is 9.43. The average molecular weight is 233 g/mol. The normalized spacial score (nSPS) is 10.2. The van der Waals surface area contributed by atoms with E-state index in [1.54, 1.807) is 19.2 Å². The summed E-state index contributed by atoms with van der Waals surface area (Å²) in [4.78, 5) is 10.9. The van der Waals surface area contributed by atoms with Crippen LogP contribution in [0.4, 0.5) is 0 Å². The first-order valence-electron chi connectivity index (χ1n) is 4.96. The average Bonchev–Trinajstić information content (AvgIpc) is 2.77. The van der Waals surface area contributed by atoms with Gasteiger partial charge in [-0.25, -0.2) is 4.79 Å². The van der Waals surface area contributed by atoms with Gasteiger partial charge in [0.1, 0.15) is 23.3 Å². The number of methoxy groups -OCH3 is 1. The summed E-state index contributed by atoms with van der Waals surface area (Å²) in [6.07, 6.45) is 1.12. The van der Waals surface area contributed by atoms with Crippen LogP contribution in [-0.4, -0.2) is 23.3 Å². The number of ether oxygens (including phenoxy) is 1.